The molecule has 4 nitrogen and oxygen atoms in total. The van der Waals surface area contributed by atoms with Crippen LogP contribution in [0.2, 0.25) is 0 Å². The largest absolute Gasteiger partial charge is 0.489 e. The van der Waals surface area contributed by atoms with E-state index >= 15 is 0 Å². The minimum absolute atomic E-state index is 0.230. The predicted octanol–water partition coefficient (Wildman–Crippen LogP) is 4.73. The first-order valence-corrected chi connectivity index (χ1v) is 16.5. The highest BCUT2D eigenvalue weighted by atomic mass is 31.0. The molecule has 0 bridgehead atoms. The van der Waals surface area contributed by atoms with Crippen molar-refractivity contribution in [1.29, 1.82) is 0 Å². The minimum Gasteiger partial charge on any atom is -0.489 e. The van der Waals surface area contributed by atoms with E-state index < -0.39 is 0 Å². The summed E-state index contributed by atoms with van der Waals surface area (Å²) < 4.78 is 22.8. The van der Waals surface area contributed by atoms with Crippen molar-refractivity contribution >= 4 is 79.7 Å². The van der Waals surface area contributed by atoms with Gasteiger partial charge >= 0.3 is 0 Å². The second-order valence-corrected chi connectivity index (χ2v) is 13.6. The molecule has 6 atom stereocenters. The lowest BCUT2D eigenvalue weighted by molar-refractivity contribution is 0.266. The van der Waals surface area contributed by atoms with Crippen LogP contribution < -0.4 is 30.7 Å². The lowest BCUT2D eigenvalue weighted by Crippen LogP contribution is -2.16. The third-order valence-corrected chi connectivity index (χ3v) is 9.68. The van der Waals surface area contributed by atoms with E-state index in [1.165, 1.54) is 43.8 Å². The zero-order chi connectivity index (χ0) is 28.8. The van der Waals surface area contributed by atoms with E-state index in [0.717, 1.165) is 58.8 Å². The molecule has 5 aromatic rings. The molecule has 0 aliphatic carbocycles. The Labute approximate surface area is 256 Å². The number of hydrogen-bond acceptors (Lipinski definition) is 4. The summed E-state index contributed by atoms with van der Waals surface area (Å²) in [7, 11) is 11.4. The van der Waals surface area contributed by atoms with Gasteiger partial charge < -0.3 is 18.9 Å². The van der Waals surface area contributed by atoms with E-state index in [1.54, 1.807) is 0 Å². The summed E-state index contributed by atoms with van der Waals surface area (Å²) in [6.07, 6.45) is 2.12. The smallest absolute Gasteiger partial charge is 0.133 e. The van der Waals surface area contributed by atoms with Crippen LogP contribution in [0.5, 0.6) is 11.5 Å². The highest BCUT2D eigenvalue weighted by Crippen LogP contribution is 2.36. The van der Waals surface area contributed by atoms with Crippen LogP contribution in [0.1, 0.15) is 22.3 Å². The van der Waals surface area contributed by atoms with Crippen LogP contribution in [-0.2, 0) is 22.3 Å². The Balaban J connectivity index is 1.26. The molecule has 42 heavy (non-hydrogen) atoms. The van der Waals surface area contributed by atoms with Crippen LogP contribution in [0.3, 0.4) is 0 Å². The van der Waals surface area contributed by atoms with E-state index in [4.69, 9.17) is 18.9 Å². The highest BCUT2D eigenvalue weighted by Gasteiger charge is 2.25. The van der Waals surface area contributed by atoms with Crippen LogP contribution in [0.4, 0.5) is 0 Å². The van der Waals surface area contributed by atoms with Crippen molar-refractivity contribution in [2.24, 2.45) is 0 Å². The normalized spacial score (nSPS) is 17.5. The Kier molecular flexibility index (Phi) is 8.24. The van der Waals surface area contributed by atoms with Gasteiger partial charge in [0.05, 0.1) is 13.2 Å². The maximum Gasteiger partial charge on any atom is 0.133 e. The van der Waals surface area contributed by atoms with E-state index in [1.807, 2.05) is 0 Å². The monoisotopic (exact) mass is 630 g/mol. The maximum absolute atomic E-state index is 6.08. The lowest BCUT2D eigenvalue weighted by atomic mass is 9.86. The molecule has 0 saturated carbocycles. The first kappa shape index (κ1) is 28.6. The lowest BCUT2D eigenvalue weighted by Gasteiger charge is -2.19. The van der Waals surface area contributed by atoms with E-state index in [9.17, 15) is 0 Å². The third kappa shape index (κ3) is 6.10. The van der Waals surface area contributed by atoms with Crippen LogP contribution in [0.15, 0.2) is 72.8 Å². The first-order chi connectivity index (χ1) is 20.4. The number of hydrogen-bond donors (Lipinski definition) is 0. The fourth-order valence-electron chi connectivity index (χ4n) is 5.79. The Bertz CT molecular complexity index is 1580. The van der Waals surface area contributed by atoms with Crippen LogP contribution in [0.25, 0.3) is 21.5 Å². The van der Waals surface area contributed by atoms with Crippen LogP contribution >= 0.6 is 37.0 Å². The Morgan fingerprint density at radius 1 is 0.548 bits per heavy atom. The fraction of sp³-hybridized carbons (Fsp3) is 0.235. The molecular formula is C34H34O4P4. The summed E-state index contributed by atoms with van der Waals surface area (Å²) in [5.74, 6) is 1.82. The highest BCUT2D eigenvalue weighted by molar-refractivity contribution is 7.30. The van der Waals surface area contributed by atoms with E-state index in [2.05, 4.69) is 110 Å². The van der Waals surface area contributed by atoms with Gasteiger partial charge in [-0.25, -0.2) is 0 Å². The standard InChI is InChI=1S/C34H34O4P4/c39-29-11-19(12-30(40)33(29)37-17-21-15-35-21)9-27-23-5-1-2-6-24(23)28(26-8-4-3-7-25(26)27)10-20-13-31(41)34(32(42)14-20)38-18-22-16-36-22/h1-8,11-14,21-22H,9-10,15-18,39-42H2. The fourth-order valence-corrected chi connectivity index (χ4v) is 7.98. The SMILES string of the molecule is Pc1cc(Cc2c3ccccc3c(Cc3cc(P)c(OCC4CO4)c(P)c3)c3ccccc23)cc(P)c1OCC1CO1. The van der Waals surface area contributed by atoms with Gasteiger partial charge in [0.1, 0.15) is 36.9 Å². The average molecular weight is 631 g/mol. The molecular weight excluding hydrogens is 596 g/mol. The topological polar surface area (TPSA) is 43.5 Å². The van der Waals surface area contributed by atoms with Crippen molar-refractivity contribution < 1.29 is 18.9 Å². The van der Waals surface area contributed by atoms with E-state index in [-0.39, 0.29) is 12.2 Å². The summed E-state index contributed by atoms with van der Waals surface area (Å²) >= 11 is 0. The molecule has 0 aromatic heterocycles. The molecule has 0 amide bonds. The summed E-state index contributed by atoms with van der Waals surface area (Å²) in [6.45, 7) is 2.78. The number of epoxide rings is 2. The molecule has 8 heteroatoms. The Hall–Kier alpha value is -2.14. The minimum atomic E-state index is 0.230. The third-order valence-electron chi connectivity index (χ3n) is 7.96. The van der Waals surface area contributed by atoms with Crippen LogP contribution in [0, 0.1) is 0 Å². The van der Waals surface area contributed by atoms with Crippen molar-refractivity contribution in [2.75, 3.05) is 26.4 Å². The van der Waals surface area contributed by atoms with Gasteiger partial charge in [0.2, 0.25) is 0 Å². The zero-order valence-electron chi connectivity index (χ0n) is 23.3. The molecule has 7 rings (SSSR count). The van der Waals surface area contributed by atoms with Gasteiger partial charge in [0.15, 0.2) is 0 Å². The van der Waals surface area contributed by atoms with Crippen molar-refractivity contribution in [1.82, 2.24) is 0 Å². The molecule has 5 aromatic carbocycles. The number of benzene rings is 5. The first-order valence-electron chi connectivity index (χ1n) is 14.2. The Morgan fingerprint density at radius 2 is 0.857 bits per heavy atom. The molecule has 0 radical (unpaired) electrons. The predicted molar refractivity (Wildman–Crippen MR) is 188 cm³/mol. The molecule has 2 fully saturated rings. The second-order valence-electron chi connectivity index (χ2n) is 11.1. The van der Waals surface area contributed by atoms with Gasteiger partial charge in [-0.3, -0.25) is 0 Å². The van der Waals surface area contributed by atoms with Gasteiger partial charge in [-0.15, -0.1) is 37.0 Å². The molecule has 2 aliphatic heterocycles. The summed E-state index contributed by atoms with van der Waals surface area (Å²) in [5.41, 5.74) is 5.22. The summed E-state index contributed by atoms with van der Waals surface area (Å²) in [5, 5.41) is 9.49. The molecule has 2 heterocycles. The van der Waals surface area contributed by atoms with Crippen LogP contribution in [-0.4, -0.2) is 38.6 Å². The van der Waals surface area contributed by atoms with Crippen molar-refractivity contribution in [3.05, 3.63) is 95.1 Å². The molecule has 0 N–H and O–H groups in total. The van der Waals surface area contributed by atoms with Gasteiger partial charge in [-0.1, -0.05) is 48.5 Å². The number of rotatable bonds is 10. The van der Waals surface area contributed by atoms with Crippen molar-refractivity contribution in [3.8, 4) is 11.5 Å². The second kappa shape index (κ2) is 12.1. The number of fused-ring (bicyclic) bond motifs is 2. The van der Waals surface area contributed by atoms with E-state index in [0.29, 0.717) is 13.2 Å². The average Bonchev–Trinajstić information content (AvgIpc) is 3.90. The maximum atomic E-state index is 6.08. The van der Waals surface area contributed by atoms with Gasteiger partial charge in [-0.05, 0) is 80.9 Å². The molecule has 0 spiro atoms. The molecule has 6 unspecified atom stereocenters. The van der Waals surface area contributed by atoms with Crippen molar-refractivity contribution in [2.45, 2.75) is 25.0 Å². The zero-order valence-corrected chi connectivity index (χ0v) is 27.9. The molecule has 214 valence electrons. The summed E-state index contributed by atoms with van der Waals surface area (Å²) in [6, 6.07) is 26.6. The van der Waals surface area contributed by atoms with Crippen molar-refractivity contribution in [3.63, 3.8) is 0 Å². The van der Waals surface area contributed by atoms with Gasteiger partial charge in [0.25, 0.3) is 0 Å². The molecule has 2 aliphatic rings. The van der Waals surface area contributed by atoms with Gasteiger partial charge in [-0.2, -0.15) is 0 Å². The number of ether oxygens (including phenoxy) is 4. The quantitative estimate of drug-likeness (QED) is 0.127. The summed E-state index contributed by atoms with van der Waals surface area (Å²) in [4.78, 5) is 0. The Morgan fingerprint density at radius 3 is 1.14 bits per heavy atom. The molecule has 2 saturated heterocycles. The van der Waals surface area contributed by atoms with Gasteiger partial charge in [0, 0.05) is 21.2 Å².